The molecule has 0 saturated carbocycles. The van der Waals surface area contributed by atoms with E-state index in [-0.39, 0.29) is 0 Å². The fourth-order valence-corrected chi connectivity index (χ4v) is 7.89. The molecule has 7 aromatic carbocycles. The van der Waals surface area contributed by atoms with Gasteiger partial charge in [-0.3, -0.25) is 0 Å². The zero-order chi connectivity index (χ0) is 40.1. The van der Waals surface area contributed by atoms with Crippen molar-refractivity contribution in [3.05, 3.63) is 253 Å². The summed E-state index contributed by atoms with van der Waals surface area (Å²) < 4.78 is 6.66. The summed E-state index contributed by atoms with van der Waals surface area (Å²) in [6.45, 7) is 0. The van der Waals surface area contributed by atoms with Crippen molar-refractivity contribution in [3.8, 4) is 50.8 Å². The van der Waals surface area contributed by atoms with E-state index in [4.69, 9.17) is 15.0 Å². The first-order valence-electron chi connectivity index (χ1n) is 20.4. The third kappa shape index (κ3) is 7.87. The maximum absolute atomic E-state index is 5.39. The van der Waals surface area contributed by atoms with E-state index >= 15 is 0 Å². The normalized spacial score (nSPS) is 11.2. The highest BCUT2D eigenvalue weighted by atomic mass is 15.1. The molecule has 3 heterocycles. The second-order valence-corrected chi connectivity index (χ2v) is 15.0. The van der Waals surface area contributed by atoms with Gasteiger partial charge in [0.2, 0.25) is 0 Å². The van der Waals surface area contributed by atoms with Gasteiger partial charge in [0.25, 0.3) is 0 Å². The van der Waals surface area contributed by atoms with Gasteiger partial charge in [0.1, 0.15) is 17.5 Å². The number of benzene rings is 7. The number of para-hydroxylation sites is 3. The summed E-state index contributed by atoms with van der Waals surface area (Å²) >= 11 is 0. The van der Waals surface area contributed by atoms with E-state index in [0.29, 0.717) is 19.3 Å². The molecule has 60 heavy (non-hydrogen) atoms. The highest BCUT2D eigenvalue weighted by molar-refractivity contribution is 5.78. The summed E-state index contributed by atoms with van der Waals surface area (Å²) in [6, 6.07) is 69.8. The molecule has 10 aromatic rings. The van der Waals surface area contributed by atoms with Crippen LogP contribution in [-0.4, -0.2) is 28.7 Å². The predicted octanol–water partition coefficient (Wildman–Crippen LogP) is 12.0. The van der Waals surface area contributed by atoms with Gasteiger partial charge in [0.15, 0.2) is 0 Å². The van der Waals surface area contributed by atoms with Crippen molar-refractivity contribution in [3.63, 3.8) is 0 Å². The minimum Gasteiger partial charge on any atom is -0.303 e. The van der Waals surface area contributed by atoms with Crippen LogP contribution in [0, 0.1) is 0 Å². The number of hydrogen-bond donors (Lipinski definition) is 0. The van der Waals surface area contributed by atoms with Gasteiger partial charge in [-0.05, 0) is 71.3 Å². The zero-order valence-corrected chi connectivity index (χ0v) is 33.1. The molecule has 0 saturated heterocycles. The Bertz CT molecular complexity index is 2630. The molecule has 3 aromatic heterocycles. The first kappa shape index (κ1) is 36.5. The van der Waals surface area contributed by atoms with Gasteiger partial charge in [0.05, 0.1) is 17.1 Å². The fraction of sp³-hybridized carbons (Fsp3) is 0.0556. The lowest BCUT2D eigenvalue weighted by Gasteiger charge is -2.07. The van der Waals surface area contributed by atoms with Crippen LogP contribution in [0.2, 0.25) is 0 Å². The quantitative estimate of drug-likeness (QED) is 0.124. The Morgan fingerprint density at radius 2 is 0.517 bits per heavy atom. The first-order valence-corrected chi connectivity index (χ1v) is 20.4. The van der Waals surface area contributed by atoms with Gasteiger partial charge in [-0.25, -0.2) is 15.0 Å². The molecule has 10 rings (SSSR count). The lowest BCUT2D eigenvalue weighted by atomic mass is 10.0. The van der Waals surface area contributed by atoms with Crippen molar-refractivity contribution in [2.45, 2.75) is 19.3 Å². The Morgan fingerprint density at radius 3 is 0.767 bits per heavy atom. The van der Waals surface area contributed by atoms with Crippen molar-refractivity contribution in [2.75, 3.05) is 0 Å². The minimum absolute atomic E-state index is 0.691. The van der Waals surface area contributed by atoms with Crippen LogP contribution in [0.1, 0.15) is 34.2 Å². The maximum Gasteiger partial charge on any atom is 0.118 e. The second kappa shape index (κ2) is 16.6. The lowest BCUT2D eigenvalue weighted by Crippen LogP contribution is -2.01. The van der Waals surface area contributed by atoms with Gasteiger partial charge in [-0.1, -0.05) is 146 Å². The molecule has 0 aliphatic carbocycles. The molecule has 0 aliphatic heterocycles. The molecule has 6 heteroatoms. The number of rotatable bonds is 12. The van der Waals surface area contributed by atoms with Crippen LogP contribution in [0.4, 0.5) is 0 Å². The van der Waals surface area contributed by atoms with Crippen molar-refractivity contribution in [1.82, 2.24) is 28.7 Å². The van der Waals surface area contributed by atoms with Gasteiger partial charge < -0.3 is 13.7 Å². The molecule has 0 bridgehead atoms. The van der Waals surface area contributed by atoms with E-state index in [1.54, 1.807) is 0 Å². The Labute approximate surface area is 350 Å². The number of aromatic nitrogens is 6. The Morgan fingerprint density at radius 1 is 0.283 bits per heavy atom. The van der Waals surface area contributed by atoms with Crippen LogP contribution < -0.4 is 0 Å². The van der Waals surface area contributed by atoms with Crippen molar-refractivity contribution in [1.29, 1.82) is 0 Å². The summed E-state index contributed by atoms with van der Waals surface area (Å²) in [7, 11) is 0. The topological polar surface area (TPSA) is 53.5 Å². The van der Waals surface area contributed by atoms with E-state index in [9.17, 15) is 0 Å². The monoisotopic (exact) mass is 774 g/mol. The maximum atomic E-state index is 5.39. The Kier molecular flexibility index (Phi) is 10.1. The summed E-state index contributed by atoms with van der Waals surface area (Å²) in [5.41, 5.74) is 12.4. The van der Waals surface area contributed by atoms with Gasteiger partial charge in [-0.2, -0.15) is 0 Å². The van der Waals surface area contributed by atoms with Crippen LogP contribution in [0.25, 0.3) is 50.8 Å². The number of hydrogen-bond acceptors (Lipinski definition) is 3. The average molecular weight is 775 g/mol. The van der Waals surface area contributed by atoms with Crippen LogP contribution in [-0.2, 0) is 19.3 Å². The minimum atomic E-state index is 0.691. The van der Waals surface area contributed by atoms with E-state index in [0.717, 1.165) is 68.3 Å². The molecule has 0 spiro atoms. The summed E-state index contributed by atoms with van der Waals surface area (Å²) in [6.07, 6.45) is 8.58. The highest BCUT2D eigenvalue weighted by Gasteiger charge is 2.20. The van der Waals surface area contributed by atoms with Crippen LogP contribution in [0.15, 0.2) is 219 Å². The van der Waals surface area contributed by atoms with Gasteiger partial charge in [0, 0.05) is 71.6 Å². The van der Waals surface area contributed by atoms with Gasteiger partial charge >= 0.3 is 0 Å². The molecular formula is C54H42N6. The molecule has 0 amide bonds. The third-order valence-corrected chi connectivity index (χ3v) is 10.9. The van der Waals surface area contributed by atoms with Crippen LogP contribution >= 0.6 is 0 Å². The molecule has 0 fully saturated rings. The smallest absolute Gasteiger partial charge is 0.118 e. The molecule has 0 atom stereocenters. The zero-order valence-electron chi connectivity index (χ0n) is 33.1. The Hall–Kier alpha value is -7.83. The Balaban J connectivity index is 1.16. The van der Waals surface area contributed by atoms with Crippen molar-refractivity contribution >= 4 is 0 Å². The average Bonchev–Trinajstić information content (AvgIpc) is 4.06. The van der Waals surface area contributed by atoms with E-state index in [2.05, 4.69) is 232 Å². The summed E-state index contributed by atoms with van der Waals surface area (Å²) in [5.74, 6) is 2.89. The molecule has 0 aliphatic rings. The fourth-order valence-electron chi connectivity index (χ4n) is 7.89. The molecule has 0 N–H and O–H groups in total. The lowest BCUT2D eigenvalue weighted by molar-refractivity contribution is 0.914. The second-order valence-electron chi connectivity index (χ2n) is 15.0. The molecular weight excluding hydrogens is 733 g/mol. The largest absolute Gasteiger partial charge is 0.303 e. The predicted molar refractivity (Wildman–Crippen MR) is 242 cm³/mol. The van der Waals surface area contributed by atoms with E-state index in [1.807, 2.05) is 0 Å². The number of nitrogens with zero attached hydrogens (tertiary/aromatic N) is 6. The van der Waals surface area contributed by atoms with Crippen LogP contribution in [0.5, 0.6) is 0 Å². The van der Waals surface area contributed by atoms with Gasteiger partial charge in [-0.15, -0.1) is 0 Å². The highest BCUT2D eigenvalue weighted by Crippen LogP contribution is 2.35. The summed E-state index contributed by atoms with van der Waals surface area (Å²) in [5, 5.41) is 0. The molecule has 288 valence electrons. The van der Waals surface area contributed by atoms with E-state index < -0.39 is 0 Å². The van der Waals surface area contributed by atoms with Crippen molar-refractivity contribution in [2.24, 2.45) is 0 Å². The number of imidazole rings is 3. The molecule has 0 unspecified atom stereocenters. The molecule has 6 nitrogen and oxygen atoms in total. The van der Waals surface area contributed by atoms with E-state index in [1.165, 1.54) is 16.7 Å². The SMILES string of the molecule is c1ccc(Cc2nc(-c3cc(-c4cn(-c5ccccc5)c(Cc5ccccc5)n4)cc(-c4cn(-c5ccccc5)c(Cc5ccccc5)n4)c3)cn2-c2ccccc2)cc1. The standard InChI is InChI=1S/C54H42N6/c1-7-19-40(20-8-1)31-52-55-49(37-58(52)46-25-13-4-14-26-46)43-34-44(50-38-59(47-27-15-5-16-28-47)53(56-50)32-41-21-9-2-10-22-41)36-45(35-43)51-39-60(48-29-17-6-18-30-48)54(57-51)33-42-23-11-3-12-24-42/h1-30,34-39H,31-33H2. The first-order chi connectivity index (χ1) is 29.7. The third-order valence-electron chi connectivity index (χ3n) is 10.9. The summed E-state index contributed by atoms with van der Waals surface area (Å²) in [4.78, 5) is 16.2. The van der Waals surface area contributed by atoms with Crippen LogP contribution in [0.3, 0.4) is 0 Å². The van der Waals surface area contributed by atoms with Crippen molar-refractivity contribution < 1.29 is 0 Å². The molecule has 0 radical (unpaired) electrons.